The van der Waals surface area contributed by atoms with E-state index in [2.05, 4.69) is 20.4 Å². The van der Waals surface area contributed by atoms with E-state index in [9.17, 15) is 0 Å². The van der Waals surface area contributed by atoms with E-state index in [1.54, 1.807) is 6.20 Å². The highest BCUT2D eigenvalue weighted by Gasteiger charge is 2.13. The number of nitrogen functional groups attached to an aromatic ring is 1. The number of nitrogens with one attached hydrogen (secondary N) is 1. The predicted octanol–water partition coefficient (Wildman–Crippen LogP) is 2.80. The van der Waals surface area contributed by atoms with E-state index in [0.717, 1.165) is 16.8 Å². The van der Waals surface area contributed by atoms with Gasteiger partial charge in [-0.1, -0.05) is 36.4 Å². The number of nitrogens with zero attached hydrogens (tertiary/aromatic N) is 3. The summed E-state index contributed by atoms with van der Waals surface area (Å²) >= 11 is 0. The summed E-state index contributed by atoms with van der Waals surface area (Å²) in [4.78, 5) is 13.4. The summed E-state index contributed by atoms with van der Waals surface area (Å²) in [5.74, 6) is 6.73. The Bertz CT molecular complexity index is 741. The number of aromatic nitrogens is 3. The fourth-order valence-electron chi connectivity index (χ4n) is 2.14. The lowest BCUT2D eigenvalue weighted by molar-refractivity contribution is 1.10. The van der Waals surface area contributed by atoms with Crippen LogP contribution in [0.4, 0.5) is 5.82 Å². The maximum Gasteiger partial charge on any atom is 0.180 e. The molecule has 3 aromatic rings. The van der Waals surface area contributed by atoms with Gasteiger partial charge >= 0.3 is 0 Å². The van der Waals surface area contributed by atoms with E-state index in [1.165, 1.54) is 0 Å². The van der Waals surface area contributed by atoms with Gasteiger partial charge in [0.1, 0.15) is 11.5 Å². The third kappa shape index (κ3) is 2.59. The molecule has 3 N–H and O–H groups in total. The molecule has 21 heavy (non-hydrogen) atoms. The van der Waals surface area contributed by atoms with Crippen LogP contribution in [0.2, 0.25) is 0 Å². The number of hydrogen-bond acceptors (Lipinski definition) is 5. The molecule has 5 heteroatoms. The molecule has 0 saturated heterocycles. The first kappa shape index (κ1) is 13.2. The van der Waals surface area contributed by atoms with Crippen molar-refractivity contribution in [1.29, 1.82) is 0 Å². The van der Waals surface area contributed by atoms with Gasteiger partial charge < -0.3 is 5.43 Å². The van der Waals surface area contributed by atoms with Crippen LogP contribution in [0.3, 0.4) is 0 Å². The summed E-state index contributed by atoms with van der Waals surface area (Å²) in [6.07, 6.45) is 1.72. The molecule has 0 aliphatic carbocycles. The standard InChI is InChI=1S/C16H15N5/c1-11-14(12-7-3-2-4-8-12)19-16(20-15(11)21-17)13-9-5-6-10-18-13/h2-10H,17H2,1H3,(H,19,20,21). The second kappa shape index (κ2) is 5.68. The van der Waals surface area contributed by atoms with Gasteiger partial charge in [0, 0.05) is 17.3 Å². The zero-order chi connectivity index (χ0) is 14.7. The summed E-state index contributed by atoms with van der Waals surface area (Å²) in [6, 6.07) is 15.6. The average molecular weight is 277 g/mol. The van der Waals surface area contributed by atoms with Crippen molar-refractivity contribution in [3.63, 3.8) is 0 Å². The SMILES string of the molecule is Cc1c(NN)nc(-c2ccccn2)nc1-c1ccccc1. The Morgan fingerprint density at radius 3 is 2.38 bits per heavy atom. The first-order chi connectivity index (χ1) is 10.3. The first-order valence-electron chi connectivity index (χ1n) is 6.61. The van der Waals surface area contributed by atoms with Crippen LogP contribution in [0.15, 0.2) is 54.7 Å². The van der Waals surface area contributed by atoms with E-state index in [-0.39, 0.29) is 0 Å². The summed E-state index contributed by atoms with van der Waals surface area (Å²) < 4.78 is 0. The number of hydrazine groups is 1. The Hall–Kier alpha value is -2.79. The number of rotatable bonds is 3. The molecule has 0 atom stereocenters. The second-order valence-corrected chi connectivity index (χ2v) is 4.59. The lowest BCUT2D eigenvalue weighted by atomic mass is 10.1. The normalized spacial score (nSPS) is 10.4. The zero-order valence-electron chi connectivity index (χ0n) is 11.6. The summed E-state index contributed by atoms with van der Waals surface area (Å²) in [5.41, 5.74) is 6.12. The molecule has 104 valence electrons. The van der Waals surface area contributed by atoms with Crippen molar-refractivity contribution < 1.29 is 0 Å². The van der Waals surface area contributed by atoms with E-state index in [4.69, 9.17) is 5.84 Å². The van der Waals surface area contributed by atoms with Crippen LogP contribution in [0.5, 0.6) is 0 Å². The largest absolute Gasteiger partial charge is 0.308 e. The molecule has 2 aromatic heterocycles. The van der Waals surface area contributed by atoms with Gasteiger partial charge in [-0.3, -0.25) is 4.98 Å². The van der Waals surface area contributed by atoms with Gasteiger partial charge in [-0.15, -0.1) is 0 Å². The zero-order valence-corrected chi connectivity index (χ0v) is 11.6. The van der Waals surface area contributed by atoms with Gasteiger partial charge in [-0.05, 0) is 19.1 Å². The van der Waals surface area contributed by atoms with E-state index >= 15 is 0 Å². The van der Waals surface area contributed by atoms with Gasteiger partial charge in [-0.25, -0.2) is 15.8 Å². The van der Waals surface area contributed by atoms with Gasteiger partial charge in [0.05, 0.1) is 5.69 Å². The fraction of sp³-hybridized carbons (Fsp3) is 0.0625. The Kier molecular flexibility index (Phi) is 3.57. The number of anilines is 1. The van der Waals surface area contributed by atoms with Crippen molar-refractivity contribution >= 4 is 5.82 Å². The summed E-state index contributed by atoms with van der Waals surface area (Å²) in [6.45, 7) is 1.94. The van der Waals surface area contributed by atoms with Gasteiger partial charge in [-0.2, -0.15) is 0 Å². The molecule has 3 rings (SSSR count). The molecular weight excluding hydrogens is 262 g/mol. The smallest absolute Gasteiger partial charge is 0.180 e. The van der Waals surface area contributed by atoms with Gasteiger partial charge in [0.15, 0.2) is 5.82 Å². The number of pyridine rings is 1. The first-order valence-corrected chi connectivity index (χ1v) is 6.61. The Balaban J connectivity index is 2.21. The Morgan fingerprint density at radius 2 is 1.71 bits per heavy atom. The van der Waals surface area contributed by atoms with Crippen LogP contribution in [-0.2, 0) is 0 Å². The monoisotopic (exact) mass is 277 g/mol. The van der Waals surface area contributed by atoms with E-state index < -0.39 is 0 Å². The molecule has 0 spiro atoms. The van der Waals surface area contributed by atoms with Crippen molar-refractivity contribution in [1.82, 2.24) is 15.0 Å². The number of hydrogen-bond donors (Lipinski definition) is 2. The molecule has 5 nitrogen and oxygen atoms in total. The quantitative estimate of drug-likeness (QED) is 0.568. The van der Waals surface area contributed by atoms with Crippen LogP contribution in [0, 0.1) is 6.92 Å². The predicted molar refractivity (Wildman–Crippen MR) is 83.2 cm³/mol. The average Bonchev–Trinajstić information content (AvgIpc) is 2.56. The fourth-order valence-corrected chi connectivity index (χ4v) is 2.14. The topological polar surface area (TPSA) is 76.7 Å². The second-order valence-electron chi connectivity index (χ2n) is 4.59. The number of benzene rings is 1. The third-order valence-electron chi connectivity index (χ3n) is 3.22. The van der Waals surface area contributed by atoms with E-state index in [1.807, 2.05) is 55.5 Å². The molecule has 0 amide bonds. The molecular formula is C16H15N5. The van der Waals surface area contributed by atoms with Crippen LogP contribution in [0.1, 0.15) is 5.56 Å². The minimum absolute atomic E-state index is 0.549. The third-order valence-corrected chi connectivity index (χ3v) is 3.22. The Labute approximate surface area is 122 Å². The highest BCUT2D eigenvalue weighted by atomic mass is 15.3. The van der Waals surface area contributed by atoms with Crippen LogP contribution < -0.4 is 11.3 Å². The molecule has 0 aliphatic rings. The number of nitrogens with two attached hydrogens (primary N) is 1. The maximum atomic E-state index is 5.58. The van der Waals surface area contributed by atoms with Crippen LogP contribution in [-0.4, -0.2) is 15.0 Å². The lowest BCUT2D eigenvalue weighted by Crippen LogP contribution is -2.12. The van der Waals surface area contributed by atoms with Crippen molar-refractivity contribution in [2.24, 2.45) is 5.84 Å². The lowest BCUT2D eigenvalue weighted by Gasteiger charge is -2.12. The van der Waals surface area contributed by atoms with Crippen molar-refractivity contribution in [2.75, 3.05) is 5.43 Å². The molecule has 1 aromatic carbocycles. The van der Waals surface area contributed by atoms with Crippen LogP contribution >= 0.6 is 0 Å². The molecule has 0 radical (unpaired) electrons. The van der Waals surface area contributed by atoms with Gasteiger partial charge in [0.25, 0.3) is 0 Å². The minimum Gasteiger partial charge on any atom is -0.308 e. The summed E-state index contributed by atoms with van der Waals surface area (Å²) in [7, 11) is 0. The maximum absolute atomic E-state index is 5.58. The summed E-state index contributed by atoms with van der Waals surface area (Å²) in [5, 5.41) is 0. The van der Waals surface area contributed by atoms with Crippen molar-refractivity contribution in [3.05, 3.63) is 60.3 Å². The van der Waals surface area contributed by atoms with Crippen LogP contribution in [0.25, 0.3) is 22.8 Å². The highest BCUT2D eigenvalue weighted by molar-refractivity contribution is 5.70. The van der Waals surface area contributed by atoms with Gasteiger partial charge in [0.2, 0.25) is 0 Å². The molecule has 0 aliphatic heterocycles. The van der Waals surface area contributed by atoms with Crippen molar-refractivity contribution in [3.8, 4) is 22.8 Å². The molecule has 0 fully saturated rings. The molecule has 2 heterocycles. The molecule has 0 saturated carbocycles. The highest BCUT2D eigenvalue weighted by Crippen LogP contribution is 2.27. The molecule has 0 unspecified atom stereocenters. The molecule has 0 bridgehead atoms. The van der Waals surface area contributed by atoms with Crippen molar-refractivity contribution in [2.45, 2.75) is 6.92 Å². The Morgan fingerprint density at radius 1 is 0.952 bits per heavy atom. The van der Waals surface area contributed by atoms with E-state index in [0.29, 0.717) is 17.3 Å². The minimum atomic E-state index is 0.549.